The molecular formula is C17H16N2O6. The number of esters is 1. The Balaban J connectivity index is 2.06. The molecule has 1 N–H and O–H groups in total. The van der Waals surface area contributed by atoms with Crippen molar-refractivity contribution in [3.05, 3.63) is 50.3 Å². The van der Waals surface area contributed by atoms with E-state index in [2.05, 4.69) is 5.32 Å². The van der Waals surface area contributed by atoms with Crippen molar-refractivity contribution in [3.8, 4) is 6.07 Å². The Labute approximate surface area is 143 Å². The lowest BCUT2D eigenvalue weighted by Gasteiger charge is -2.08. The quantitative estimate of drug-likeness (QED) is 0.843. The zero-order chi connectivity index (χ0) is 18.7. The Morgan fingerprint density at radius 1 is 1.20 bits per heavy atom. The van der Waals surface area contributed by atoms with Crippen LogP contribution in [0.3, 0.4) is 0 Å². The maximum absolute atomic E-state index is 12.1. The topological polar surface area (TPSA) is 123 Å². The summed E-state index contributed by atoms with van der Waals surface area (Å²) >= 11 is 0. The molecular weight excluding hydrogens is 328 g/mol. The van der Waals surface area contributed by atoms with Crippen molar-refractivity contribution < 1.29 is 23.2 Å². The normalized spacial score (nSPS) is 10.2. The van der Waals surface area contributed by atoms with Gasteiger partial charge in [0.2, 0.25) is 5.88 Å². The average Bonchev–Trinajstić information content (AvgIpc) is 2.78. The van der Waals surface area contributed by atoms with Crippen molar-refractivity contribution in [2.24, 2.45) is 0 Å². The summed E-state index contributed by atoms with van der Waals surface area (Å²) < 4.78 is 15.1. The van der Waals surface area contributed by atoms with Crippen molar-refractivity contribution in [2.75, 3.05) is 11.9 Å². The second-order valence-corrected chi connectivity index (χ2v) is 5.40. The van der Waals surface area contributed by atoms with Gasteiger partial charge in [-0.05, 0) is 33.3 Å². The van der Waals surface area contributed by atoms with Crippen LogP contribution in [0.15, 0.2) is 19.7 Å². The Morgan fingerprint density at radius 3 is 2.48 bits per heavy atom. The maximum atomic E-state index is 12.1. The molecule has 0 aromatic carbocycles. The number of hydrogen-bond acceptors (Lipinski definition) is 7. The van der Waals surface area contributed by atoms with Crippen LogP contribution in [0.4, 0.5) is 5.88 Å². The summed E-state index contributed by atoms with van der Waals surface area (Å²) in [7, 11) is 0. The van der Waals surface area contributed by atoms with Crippen molar-refractivity contribution >= 4 is 17.8 Å². The third-order valence-electron chi connectivity index (χ3n) is 3.62. The summed E-state index contributed by atoms with van der Waals surface area (Å²) in [5, 5.41) is 11.5. The second-order valence-electron chi connectivity index (χ2n) is 5.40. The molecule has 0 saturated carbocycles. The number of nitrogens with zero attached hydrogens (tertiary/aromatic N) is 1. The predicted octanol–water partition coefficient (Wildman–Crippen LogP) is 2.13. The molecule has 0 radical (unpaired) electrons. The standard InChI is InChI=1S/C17H16N2O6/c1-8-5-14(21)24-11(4)15(8)17(22)23-7-13(20)19-16-12(6-18)9(2)10(3)25-16/h5H,7H2,1-4H3,(H,19,20). The van der Waals surface area contributed by atoms with Gasteiger partial charge in [0.05, 0.1) is 0 Å². The van der Waals surface area contributed by atoms with E-state index in [9.17, 15) is 14.4 Å². The van der Waals surface area contributed by atoms with Gasteiger partial charge in [-0.3, -0.25) is 10.1 Å². The van der Waals surface area contributed by atoms with Gasteiger partial charge >= 0.3 is 11.6 Å². The van der Waals surface area contributed by atoms with Crippen molar-refractivity contribution in [1.82, 2.24) is 0 Å². The maximum Gasteiger partial charge on any atom is 0.342 e. The highest BCUT2D eigenvalue weighted by molar-refractivity contribution is 5.96. The minimum Gasteiger partial charge on any atom is -0.452 e. The van der Waals surface area contributed by atoms with Crippen molar-refractivity contribution in [1.29, 1.82) is 5.26 Å². The summed E-state index contributed by atoms with van der Waals surface area (Å²) in [5.41, 5.74) is 0.754. The smallest absolute Gasteiger partial charge is 0.342 e. The highest BCUT2D eigenvalue weighted by Gasteiger charge is 2.20. The van der Waals surface area contributed by atoms with Gasteiger partial charge in [0.25, 0.3) is 5.91 Å². The molecule has 130 valence electrons. The molecule has 0 spiro atoms. The van der Waals surface area contributed by atoms with Gasteiger partial charge in [0, 0.05) is 11.6 Å². The predicted molar refractivity (Wildman–Crippen MR) is 86.3 cm³/mol. The van der Waals surface area contributed by atoms with Gasteiger partial charge < -0.3 is 13.6 Å². The van der Waals surface area contributed by atoms with Crippen molar-refractivity contribution in [3.63, 3.8) is 0 Å². The average molecular weight is 344 g/mol. The van der Waals surface area contributed by atoms with Crippen LogP contribution in [0.25, 0.3) is 0 Å². The van der Waals surface area contributed by atoms with E-state index in [-0.39, 0.29) is 22.8 Å². The van der Waals surface area contributed by atoms with Crippen LogP contribution in [-0.4, -0.2) is 18.5 Å². The van der Waals surface area contributed by atoms with E-state index in [0.717, 1.165) is 6.07 Å². The molecule has 0 unspecified atom stereocenters. The third-order valence-corrected chi connectivity index (χ3v) is 3.62. The zero-order valence-electron chi connectivity index (χ0n) is 14.2. The van der Waals surface area contributed by atoms with Gasteiger partial charge in [-0.1, -0.05) is 0 Å². The minimum absolute atomic E-state index is 0.0108. The molecule has 0 fully saturated rings. The Morgan fingerprint density at radius 2 is 1.88 bits per heavy atom. The second kappa shape index (κ2) is 7.05. The Bertz CT molecular complexity index is 919. The first kappa shape index (κ1) is 18.0. The number of ether oxygens (including phenoxy) is 1. The molecule has 0 saturated heterocycles. The summed E-state index contributed by atoms with van der Waals surface area (Å²) in [5.74, 6) is -0.821. The van der Waals surface area contributed by atoms with Crippen molar-refractivity contribution in [2.45, 2.75) is 27.7 Å². The SMILES string of the molecule is Cc1cc(=O)oc(C)c1C(=O)OCC(=O)Nc1oc(C)c(C)c1C#N. The fourth-order valence-electron chi connectivity index (χ4n) is 2.28. The highest BCUT2D eigenvalue weighted by Crippen LogP contribution is 2.25. The molecule has 0 aliphatic rings. The molecule has 2 aromatic rings. The lowest BCUT2D eigenvalue weighted by Crippen LogP contribution is -2.22. The summed E-state index contributed by atoms with van der Waals surface area (Å²) in [6, 6.07) is 3.11. The molecule has 1 amide bonds. The number of carbonyl (C=O) groups is 2. The fourth-order valence-corrected chi connectivity index (χ4v) is 2.28. The van der Waals surface area contributed by atoms with Crippen LogP contribution in [0.2, 0.25) is 0 Å². The fraction of sp³-hybridized carbons (Fsp3) is 0.294. The van der Waals surface area contributed by atoms with Crippen LogP contribution in [0.1, 0.15) is 38.6 Å². The molecule has 8 heteroatoms. The van der Waals surface area contributed by atoms with Gasteiger partial charge in [-0.2, -0.15) is 5.26 Å². The van der Waals surface area contributed by atoms with Crippen LogP contribution in [0.5, 0.6) is 0 Å². The third kappa shape index (κ3) is 3.77. The first-order chi connectivity index (χ1) is 11.7. The van der Waals surface area contributed by atoms with Crippen LogP contribution in [-0.2, 0) is 9.53 Å². The molecule has 0 aliphatic heterocycles. The first-order valence-corrected chi connectivity index (χ1v) is 7.33. The number of anilines is 1. The lowest BCUT2D eigenvalue weighted by molar-refractivity contribution is -0.119. The van der Waals surface area contributed by atoms with E-state index in [0.29, 0.717) is 16.9 Å². The largest absolute Gasteiger partial charge is 0.452 e. The van der Waals surface area contributed by atoms with Gasteiger partial charge in [-0.25, -0.2) is 9.59 Å². The molecule has 0 bridgehead atoms. The Hall–Kier alpha value is -3.34. The van der Waals surface area contributed by atoms with Gasteiger partial charge in [0.1, 0.15) is 28.7 Å². The monoisotopic (exact) mass is 344 g/mol. The molecule has 0 atom stereocenters. The number of rotatable bonds is 4. The first-order valence-electron chi connectivity index (χ1n) is 7.33. The van der Waals surface area contributed by atoms with Gasteiger partial charge in [-0.15, -0.1) is 0 Å². The number of aryl methyl sites for hydroxylation is 3. The number of carbonyl (C=O) groups excluding carboxylic acids is 2. The number of hydrogen-bond donors (Lipinski definition) is 1. The van der Waals surface area contributed by atoms with E-state index in [1.165, 1.54) is 6.92 Å². The van der Waals surface area contributed by atoms with E-state index in [1.54, 1.807) is 20.8 Å². The number of amides is 1. The summed E-state index contributed by atoms with van der Waals surface area (Å²) in [6.07, 6.45) is 0. The van der Waals surface area contributed by atoms with Crippen LogP contribution < -0.4 is 10.9 Å². The van der Waals surface area contributed by atoms with E-state index in [4.69, 9.17) is 18.8 Å². The molecule has 8 nitrogen and oxygen atoms in total. The van der Waals surface area contributed by atoms with Gasteiger partial charge in [0.15, 0.2) is 6.61 Å². The van der Waals surface area contributed by atoms with Crippen LogP contribution >= 0.6 is 0 Å². The molecule has 2 rings (SSSR count). The minimum atomic E-state index is -0.791. The van der Waals surface area contributed by atoms with E-state index >= 15 is 0 Å². The summed E-state index contributed by atoms with van der Waals surface area (Å²) in [6.45, 7) is 5.80. The number of nitriles is 1. The summed E-state index contributed by atoms with van der Waals surface area (Å²) in [4.78, 5) is 35.3. The molecule has 2 aromatic heterocycles. The molecule has 2 heterocycles. The van der Waals surface area contributed by atoms with E-state index in [1.807, 2.05) is 6.07 Å². The molecule has 0 aliphatic carbocycles. The van der Waals surface area contributed by atoms with Crippen LogP contribution in [0, 0.1) is 39.0 Å². The van der Waals surface area contributed by atoms with E-state index < -0.39 is 24.1 Å². The number of furan rings is 1. The Kier molecular flexibility index (Phi) is 5.08. The zero-order valence-corrected chi connectivity index (χ0v) is 14.2. The lowest BCUT2D eigenvalue weighted by atomic mass is 10.1. The molecule has 25 heavy (non-hydrogen) atoms. The number of nitrogens with one attached hydrogen (secondary N) is 1. The highest BCUT2D eigenvalue weighted by atomic mass is 16.5.